The number of aromatic nitrogens is 2. The van der Waals surface area contributed by atoms with Crippen LogP contribution >= 0.6 is 11.3 Å². The number of rotatable bonds is 5. The lowest BCUT2D eigenvalue weighted by atomic mass is 10.2. The highest BCUT2D eigenvalue weighted by molar-refractivity contribution is 7.22. The predicted octanol–water partition coefficient (Wildman–Crippen LogP) is 3.27. The van der Waals surface area contributed by atoms with E-state index in [0.717, 1.165) is 10.2 Å². The molecule has 1 amide bonds. The van der Waals surface area contributed by atoms with Crippen molar-refractivity contribution in [2.24, 2.45) is 0 Å². The molecule has 0 fully saturated rings. The Hall–Kier alpha value is -2.80. The van der Waals surface area contributed by atoms with Gasteiger partial charge in [0, 0.05) is 12.4 Å². The SMILES string of the molecule is CCC(OC(=O)c1cccnc1)C(=O)Nc1nc2ccccc2s1. The van der Waals surface area contributed by atoms with Crippen molar-refractivity contribution in [2.45, 2.75) is 19.4 Å². The molecule has 0 radical (unpaired) electrons. The lowest BCUT2D eigenvalue weighted by molar-refractivity contribution is -0.124. The second-order valence-electron chi connectivity index (χ2n) is 5.02. The van der Waals surface area contributed by atoms with Crippen molar-refractivity contribution in [3.05, 3.63) is 54.4 Å². The minimum absolute atomic E-state index is 0.309. The highest BCUT2D eigenvalue weighted by Crippen LogP contribution is 2.25. The van der Waals surface area contributed by atoms with Crippen LogP contribution in [0.5, 0.6) is 0 Å². The van der Waals surface area contributed by atoms with Crippen molar-refractivity contribution < 1.29 is 14.3 Å². The zero-order valence-corrected chi connectivity index (χ0v) is 13.7. The number of pyridine rings is 1. The van der Waals surface area contributed by atoms with E-state index in [1.165, 1.54) is 17.5 Å². The van der Waals surface area contributed by atoms with Crippen LogP contribution in [0.1, 0.15) is 23.7 Å². The van der Waals surface area contributed by atoms with Gasteiger partial charge in [-0.15, -0.1) is 0 Å². The summed E-state index contributed by atoms with van der Waals surface area (Å²) in [5.74, 6) is -0.969. The van der Waals surface area contributed by atoms with E-state index in [1.807, 2.05) is 24.3 Å². The summed E-state index contributed by atoms with van der Waals surface area (Å²) >= 11 is 1.38. The number of para-hydroxylation sites is 1. The Balaban J connectivity index is 1.68. The summed E-state index contributed by atoms with van der Waals surface area (Å²) in [6.07, 6.45) is 2.45. The summed E-state index contributed by atoms with van der Waals surface area (Å²) in [6, 6.07) is 10.8. The number of hydrogen-bond donors (Lipinski definition) is 1. The number of nitrogens with one attached hydrogen (secondary N) is 1. The van der Waals surface area contributed by atoms with Gasteiger partial charge in [-0.25, -0.2) is 9.78 Å². The van der Waals surface area contributed by atoms with Gasteiger partial charge in [-0.3, -0.25) is 15.1 Å². The van der Waals surface area contributed by atoms with E-state index in [2.05, 4.69) is 15.3 Å². The standard InChI is InChI=1S/C17H15N3O3S/c1-2-13(23-16(22)11-6-5-9-18-10-11)15(21)20-17-19-12-7-3-4-8-14(12)24-17/h3-10,13H,2H2,1H3,(H,19,20,21). The number of carbonyl (C=O) groups excluding carboxylic acids is 2. The third-order valence-electron chi connectivity index (χ3n) is 3.33. The molecule has 0 spiro atoms. The van der Waals surface area contributed by atoms with Crippen LogP contribution in [-0.4, -0.2) is 27.9 Å². The van der Waals surface area contributed by atoms with Crippen LogP contribution in [0, 0.1) is 0 Å². The number of benzene rings is 1. The number of fused-ring (bicyclic) bond motifs is 1. The van der Waals surface area contributed by atoms with Gasteiger partial charge in [0.2, 0.25) is 0 Å². The van der Waals surface area contributed by atoms with Gasteiger partial charge in [-0.05, 0) is 30.7 Å². The first kappa shape index (κ1) is 16.1. The van der Waals surface area contributed by atoms with Gasteiger partial charge in [0.1, 0.15) is 0 Å². The topological polar surface area (TPSA) is 81.2 Å². The molecular formula is C17H15N3O3S. The smallest absolute Gasteiger partial charge is 0.340 e. The van der Waals surface area contributed by atoms with Gasteiger partial charge in [-0.2, -0.15) is 0 Å². The van der Waals surface area contributed by atoms with Gasteiger partial charge in [0.05, 0.1) is 15.8 Å². The molecule has 1 aromatic carbocycles. The van der Waals surface area contributed by atoms with Crippen molar-refractivity contribution in [1.29, 1.82) is 0 Å². The van der Waals surface area contributed by atoms with Crippen LogP contribution in [-0.2, 0) is 9.53 Å². The van der Waals surface area contributed by atoms with E-state index in [9.17, 15) is 9.59 Å². The lowest BCUT2D eigenvalue weighted by Crippen LogP contribution is -2.32. The van der Waals surface area contributed by atoms with E-state index in [-0.39, 0.29) is 0 Å². The quantitative estimate of drug-likeness (QED) is 0.720. The fourth-order valence-electron chi connectivity index (χ4n) is 2.11. The number of esters is 1. The molecule has 0 saturated carbocycles. The third kappa shape index (κ3) is 3.57. The summed E-state index contributed by atoms with van der Waals surface area (Å²) in [5.41, 5.74) is 1.13. The maximum Gasteiger partial charge on any atom is 0.340 e. The summed E-state index contributed by atoms with van der Waals surface area (Å²) in [6.45, 7) is 1.78. The first-order chi connectivity index (χ1) is 11.7. The first-order valence-electron chi connectivity index (χ1n) is 7.45. The molecule has 3 aromatic rings. The molecule has 1 unspecified atom stereocenters. The second-order valence-corrected chi connectivity index (χ2v) is 6.05. The molecule has 2 heterocycles. The first-order valence-corrected chi connectivity index (χ1v) is 8.26. The number of nitrogens with zero attached hydrogens (tertiary/aromatic N) is 2. The number of thiazole rings is 1. The molecule has 24 heavy (non-hydrogen) atoms. The average Bonchev–Trinajstić information content (AvgIpc) is 3.02. The van der Waals surface area contributed by atoms with Crippen molar-refractivity contribution in [1.82, 2.24) is 9.97 Å². The maximum atomic E-state index is 12.4. The van der Waals surface area contributed by atoms with Crippen molar-refractivity contribution >= 4 is 38.6 Å². The summed E-state index contributed by atoms with van der Waals surface area (Å²) in [4.78, 5) is 32.6. The van der Waals surface area contributed by atoms with Crippen molar-refractivity contribution in [3.8, 4) is 0 Å². The molecule has 3 rings (SSSR count). The number of ether oxygens (including phenoxy) is 1. The highest BCUT2D eigenvalue weighted by atomic mass is 32.1. The molecule has 0 saturated heterocycles. The van der Waals surface area contributed by atoms with E-state index >= 15 is 0 Å². The minimum Gasteiger partial charge on any atom is -0.449 e. The predicted molar refractivity (Wildman–Crippen MR) is 92.0 cm³/mol. The van der Waals surface area contributed by atoms with Crippen molar-refractivity contribution in [3.63, 3.8) is 0 Å². The maximum absolute atomic E-state index is 12.4. The Morgan fingerprint density at radius 3 is 2.79 bits per heavy atom. The van der Waals surface area contributed by atoms with Gasteiger partial charge in [-0.1, -0.05) is 30.4 Å². The Morgan fingerprint density at radius 2 is 2.08 bits per heavy atom. The van der Waals surface area contributed by atoms with Crippen LogP contribution < -0.4 is 5.32 Å². The zero-order valence-electron chi connectivity index (χ0n) is 12.9. The van der Waals surface area contributed by atoms with E-state index < -0.39 is 18.0 Å². The van der Waals surface area contributed by atoms with E-state index in [4.69, 9.17) is 4.74 Å². The summed E-state index contributed by atoms with van der Waals surface area (Å²) in [5, 5.41) is 3.20. The largest absolute Gasteiger partial charge is 0.449 e. The Morgan fingerprint density at radius 1 is 1.25 bits per heavy atom. The molecule has 122 valence electrons. The summed E-state index contributed by atoms with van der Waals surface area (Å²) in [7, 11) is 0. The number of anilines is 1. The van der Waals surface area contributed by atoms with Crippen LogP contribution in [0.2, 0.25) is 0 Å². The van der Waals surface area contributed by atoms with Gasteiger partial charge < -0.3 is 4.74 Å². The Bertz CT molecular complexity index is 831. The normalized spacial score (nSPS) is 11.9. The molecule has 6 nitrogen and oxygen atoms in total. The molecule has 2 aromatic heterocycles. The Labute approximate surface area is 142 Å². The molecular weight excluding hydrogens is 326 g/mol. The number of carbonyl (C=O) groups is 2. The fourth-order valence-corrected chi connectivity index (χ4v) is 2.98. The van der Waals surface area contributed by atoms with E-state index in [1.54, 1.807) is 25.3 Å². The zero-order chi connectivity index (χ0) is 16.9. The molecule has 0 aliphatic carbocycles. The van der Waals surface area contributed by atoms with Gasteiger partial charge in [0.25, 0.3) is 5.91 Å². The highest BCUT2D eigenvalue weighted by Gasteiger charge is 2.23. The third-order valence-corrected chi connectivity index (χ3v) is 4.29. The molecule has 7 heteroatoms. The minimum atomic E-state index is -0.885. The van der Waals surface area contributed by atoms with Crippen molar-refractivity contribution in [2.75, 3.05) is 5.32 Å². The van der Waals surface area contributed by atoms with Gasteiger partial charge >= 0.3 is 5.97 Å². The molecule has 0 aliphatic heterocycles. The van der Waals surface area contributed by atoms with E-state index in [0.29, 0.717) is 17.1 Å². The Kier molecular flexibility index (Phi) is 4.81. The van der Waals surface area contributed by atoms with Crippen LogP contribution in [0.25, 0.3) is 10.2 Å². The number of hydrogen-bond acceptors (Lipinski definition) is 6. The fraction of sp³-hybridized carbons (Fsp3) is 0.176. The molecule has 1 N–H and O–H groups in total. The second kappa shape index (κ2) is 7.18. The lowest BCUT2D eigenvalue weighted by Gasteiger charge is -2.14. The number of amides is 1. The monoisotopic (exact) mass is 341 g/mol. The van der Waals surface area contributed by atoms with Crippen LogP contribution in [0.15, 0.2) is 48.8 Å². The summed E-state index contributed by atoms with van der Waals surface area (Å²) < 4.78 is 6.26. The average molecular weight is 341 g/mol. The molecule has 0 aliphatic rings. The van der Waals surface area contributed by atoms with Crippen LogP contribution in [0.4, 0.5) is 5.13 Å². The van der Waals surface area contributed by atoms with Crippen LogP contribution in [0.3, 0.4) is 0 Å². The molecule has 0 bridgehead atoms. The van der Waals surface area contributed by atoms with Gasteiger partial charge in [0.15, 0.2) is 11.2 Å². The molecule has 1 atom stereocenters.